The second-order valence-corrected chi connectivity index (χ2v) is 8.17. The van der Waals surface area contributed by atoms with Gasteiger partial charge in [0.1, 0.15) is 0 Å². The maximum Gasteiger partial charge on any atom is 0.215 e. The molecular formula is C15H22ClNO3S. The monoisotopic (exact) mass is 331 g/mol. The van der Waals surface area contributed by atoms with Gasteiger partial charge in [0.2, 0.25) is 10.0 Å². The van der Waals surface area contributed by atoms with Crippen molar-refractivity contribution in [3.05, 3.63) is 34.9 Å². The molecule has 0 spiro atoms. The fraction of sp³-hybridized carbons (Fsp3) is 0.600. The van der Waals surface area contributed by atoms with E-state index in [1.54, 1.807) is 24.3 Å². The second kappa shape index (κ2) is 7.09. The minimum atomic E-state index is -3.40. The van der Waals surface area contributed by atoms with Gasteiger partial charge >= 0.3 is 0 Å². The van der Waals surface area contributed by atoms with Crippen LogP contribution >= 0.6 is 11.6 Å². The molecule has 2 rings (SSSR count). The molecule has 0 atom stereocenters. The fourth-order valence-electron chi connectivity index (χ4n) is 2.81. The van der Waals surface area contributed by atoms with Gasteiger partial charge in [0.05, 0.1) is 5.75 Å². The van der Waals surface area contributed by atoms with E-state index >= 15 is 0 Å². The van der Waals surface area contributed by atoms with Gasteiger partial charge in [0, 0.05) is 23.6 Å². The van der Waals surface area contributed by atoms with Gasteiger partial charge in [-0.15, -0.1) is 0 Å². The number of aliphatic hydroxyl groups excluding tert-OH is 1. The fourth-order valence-corrected chi connectivity index (χ4v) is 4.19. The van der Waals surface area contributed by atoms with Crippen LogP contribution in [0.25, 0.3) is 0 Å². The normalized spacial score (nSPS) is 18.6. The van der Waals surface area contributed by atoms with E-state index < -0.39 is 10.0 Å². The number of benzene rings is 1. The highest BCUT2D eigenvalue weighted by molar-refractivity contribution is 7.88. The number of aliphatic hydroxyl groups is 1. The topological polar surface area (TPSA) is 66.4 Å². The zero-order chi connectivity index (χ0) is 15.3. The SMILES string of the molecule is O=S(=O)(Cc1ccc(Cl)cc1)NCC1(CO)CCCCC1. The Labute approximate surface area is 131 Å². The van der Waals surface area contributed by atoms with Crippen LogP contribution in [0.15, 0.2) is 24.3 Å². The number of nitrogens with one attached hydrogen (secondary N) is 1. The Morgan fingerprint density at radius 3 is 2.33 bits per heavy atom. The molecule has 2 N–H and O–H groups in total. The zero-order valence-corrected chi connectivity index (χ0v) is 13.6. The molecule has 0 saturated heterocycles. The average molecular weight is 332 g/mol. The molecule has 1 saturated carbocycles. The van der Waals surface area contributed by atoms with E-state index in [1.807, 2.05) is 0 Å². The summed E-state index contributed by atoms with van der Waals surface area (Å²) in [7, 11) is -3.40. The van der Waals surface area contributed by atoms with Crippen LogP contribution in [-0.2, 0) is 15.8 Å². The van der Waals surface area contributed by atoms with Crippen molar-refractivity contribution in [1.82, 2.24) is 4.72 Å². The lowest BCUT2D eigenvalue weighted by molar-refractivity contribution is 0.0867. The summed E-state index contributed by atoms with van der Waals surface area (Å²) in [6, 6.07) is 6.79. The van der Waals surface area contributed by atoms with Crippen LogP contribution in [-0.4, -0.2) is 26.7 Å². The summed E-state index contributed by atoms with van der Waals surface area (Å²) < 4.78 is 27.0. The van der Waals surface area contributed by atoms with Crippen LogP contribution in [0.2, 0.25) is 5.02 Å². The summed E-state index contributed by atoms with van der Waals surface area (Å²) in [5, 5.41) is 10.2. The van der Waals surface area contributed by atoms with Crippen molar-refractivity contribution in [2.24, 2.45) is 5.41 Å². The first-order chi connectivity index (χ1) is 9.95. The smallest absolute Gasteiger partial charge is 0.215 e. The number of hydrogen-bond donors (Lipinski definition) is 2. The van der Waals surface area contributed by atoms with Crippen LogP contribution < -0.4 is 4.72 Å². The van der Waals surface area contributed by atoms with Crippen LogP contribution in [0.1, 0.15) is 37.7 Å². The van der Waals surface area contributed by atoms with Crippen LogP contribution in [0.3, 0.4) is 0 Å². The predicted molar refractivity (Wildman–Crippen MR) is 84.7 cm³/mol. The standard InChI is InChI=1S/C15H22ClNO3S/c16-14-6-4-13(5-7-14)10-21(19,20)17-11-15(12-18)8-2-1-3-9-15/h4-7,17-18H,1-3,8-12H2. The Morgan fingerprint density at radius 2 is 1.76 bits per heavy atom. The predicted octanol–water partition coefficient (Wildman–Crippen LogP) is 2.70. The molecule has 0 amide bonds. The number of halogens is 1. The summed E-state index contributed by atoms with van der Waals surface area (Å²) in [6.45, 7) is 0.357. The quantitative estimate of drug-likeness (QED) is 0.842. The molecule has 0 bridgehead atoms. The Kier molecular flexibility index (Phi) is 5.66. The summed E-state index contributed by atoms with van der Waals surface area (Å²) >= 11 is 5.79. The van der Waals surface area contributed by atoms with Crippen molar-refractivity contribution < 1.29 is 13.5 Å². The number of rotatable bonds is 6. The lowest BCUT2D eigenvalue weighted by Crippen LogP contribution is -2.41. The first-order valence-electron chi connectivity index (χ1n) is 7.27. The van der Waals surface area contributed by atoms with E-state index in [2.05, 4.69) is 4.72 Å². The molecule has 1 aliphatic rings. The van der Waals surface area contributed by atoms with Gasteiger partial charge in [-0.3, -0.25) is 0 Å². The van der Waals surface area contributed by atoms with Crippen molar-refractivity contribution in [2.75, 3.05) is 13.2 Å². The molecule has 1 aromatic carbocycles. The Bertz CT molecular complexity index is 551. The molecule has 118 valence electrons. The molecule has 0 heterocycles. The summed E-state index contributed by atoms with van der Waals surface area (Å²) in [5.41, 5.74) is 0.416. The summed E-state index contributed by atoms with van der Waals surface area (Å²) in [6.07, 6.45) is 5.04. The molecule has 1 fully saturated rings. The number of sulfonamides is 1. The third-order valence-corrected chi connectivity index (χ3v) is 5.74. The molecule has 6 heteroatoms. The first kappa shape index (κ1) is 16.7. The van der Waals surface area contributed by atoms with Gasteiger partial charge in [-0.05, 0) is 30.5 Å². The molecule has 1 aromatic rings. The minimum Gasteiger partial charge on any atom is -0.396 e. The lowest BCUT2D eigenvalue weighted by Gasteiger charge is -2.35. The highest BCUT2D eigenvalue weighted by Crippen LogP contribution is 2.35. The zero-order valence-electron chi connectivity index (χ0n) is 12.0. The second-order valence-electron chi connectivity index (χ2n) is 5.93. The van der Waals surface area contributed by atoms with Crippen molar-refractivity contribution in [3.8, 4) is 0 Å². The molecule has 0 aliphatic heterocycles. The molecule has 21 heavy (non-hydrogen) atoms. The molecule has 0 unspecified atom stereocenters. The maximum absolute atomic E-state index is 12.2. The van der Waals surface area contributed by atoms with Gasteiger partial charge < -0.3 is 5.11 Å². The van der Waals surface area contributed by atoms with Crippen LogP contribution in [0.4, 0.5) is 0 Å². The highest BCUT2D eigenvalue weighted by Gasteiger charge is 2.32. The first-order valence-corrected chi connectivity index (χ1v) is 9.30. The van der Waals surface area contributed by atoms with E-state index in [0.717, 1.165) is 25.7 Å². The van der Waals surface area contributed by atoms with Gasteiger partial charge in [0.15, 0.2) is 0 Å². The van der Waals surface area contributed by atoms with Gasteiger partial charge in [0.25, 0.3) is 0 Å². The minimum absolute atomic E-state index is 0.0382. The number of hydrogen-bond acceptors (Lipinski definition) is 3. The maximum atomic E-state index is 12.2. The lowest BCUT2D eigenvalue weighted by atomic mass is 9.75. The molecule has 0 aromatic heterocycles. The summed E-state index contributed by atoms with van der Waals surface area (Å²) in [5.74, 6) is -0.0638. The van der Waals surface area contributed by atoms with E-state index in [0.29, 0.717) is 17.1 Å². The Hall–Kier alpha value is -0.620. The molecular weight excluding hydrogens is 310 g/mol. The van der Waals surface area contributed by atoms with Crippen molar-refractivity contribution in [1.29, 1.82) is 0 Å². The molecule has 4 nitrogen and oxygen atoms in total. The Balaban J connectivity index is 1.95. The third kappa shape index (κ3) is 4.95. The largest absolute Gasteiger partial charge is 0.396 e. The van der Waals surface area contributed by atoms with Gasteiger partial charge in [-0.25, -0.2) is 13.1 Å². The Morgan fingerprint density at radius 1 is 1.14 bits per heavy atom. The van der Waals surface area contributed by atoms with Crippen molar-refractivity contribution in [3.63, 3.8) is 0 Å². The van der Waals surface area contributed by atoms with E-state index in [-0.39, 0.29) is 17.8 Å². The van der Waals surface area contributed by atoms with Crippen LogP contribution in [0, 0.1) is 5.41 Å². The van der Waals surface area contributed by atoms with Crippen molar-refractivity contribution >= 4 is 21.6 Å². The van der Waals surface area contributed by atoms with Gasteiger partial charge in [-0.1, -0.05) is 43.0 Å². The van der Waals surface area contributed by atoms with E-state index in [1.165, 1.54) is 6.42 Å². The van der Waals surface area contributed by atoms with Gasteiger partial charge in [-0.2, -0.15) is 0 Å². The third-order valence-electron chi connectivity index (χ3n) is 4.19. The average Bonchev–Trinajstić information content (AvgIpc) is 2.49. The van der Waals surface area contributed by atoms with E-state index in [4.69, 9.17) is 11.6 Å². The summed E-state index contributed by atoms with van der Waals surface area (Å²) in [4.78, 5) is 0. The van der Waals surface area contributed by atoms with E-state index in [9.17, 15) is 13.5 Å². The highest BCUT2D eigenvalue weighted by atomic mass is 35.5. The van der Waals surface area contributed by atoms with Crippen molar-refractivity contribution in [2.45, 2.75) is 37.9 Å². The molecule has 0 radical (unpaired) electrons. The van der Waals surface area contributed by atoms with Crippen LogP contribution in [0.5, 0.6) is 0 Å². The molecule has 1 aliphatic carbocycles.